The van der Waals surface area contributed by atoms with Crippen LogP contribution in [0.2, 0.25) is 0 Å². The number of hydrogen-bond donors (Lipinski definition) is 0. The van der Waals surface area contributed by atoms with E-state index in [-0.39, 0.29) is 5.38 Å². The Balaban J connectivity index is 2.45. The molecule has 84 valence electrons. The van der Waals surface area contributed by atoms with Gasteiger partial charge in [0.25, 0.3) is 0 Å². The van der Waals surface area contributed by atoms with Crippen molar-refractivity contribution >= 4 is 54.8 Å². The van der Waals surface area contributed by atoms with E-state index in [0.717, 1.165) is 19.4 Å². The van der Waals surface area contributed by atoms with Gasteiger partial charge in [-0.05, 0) is 45.9 Å². The van der Waals surface area contributed by atoms with Gasteiger partial charge in [0, 0.05) is 13.8 Å². The van der Waals surface area contributed by atoms with Crippen molar-refractivity contribution < 1.29 is 0 Å². The van der Waals surface area contributed by atoms with Crippen LogP contribution in [0.4, 0.5) is 0 Å². The minimum atomic E-state index is -0.108. The number of rotatable bonds is 2. The van der Waals surface area contributed by atoms with E-state index < -0.39 is 0 Å². The molecular formula is C12H9Br2ClS. The lowest BCUT2D eigenvalue weighted by molar-refractivity contribution is 1.15. The molecule has 0 aliphatic rings. The lowest BCUT2D eigenvalue weighted by Crippen LogP contribution is -1.93. The van der Waals surface area contributed by atoms with Crippen molar-refractivity contribution in [3.05, 3.63) is 54.6 Å². The van der Waals surface area contributed by atoms with Crippen LogP contribution in [-0.2, 0) is 0 Å². The normalized spacial score (nSPS) is 12.8. The Hall–Kier alpha value is 0.170. The third-order valence-electron chi connectivity index (χ3n) is 2.30. The van der Waals surface area contributed by atoms with Gasteiger partial charge in [-0.1, -0.05) is 33.6 Å². The predicted molar refractivity (Wildman–Crippen MR) is 78.6 cm³/mol. The van der Waals surface area contributed by atoms with E-state index in [1.165, 1.54) is 5.56 Å². The first-order chi connectivity index (χ1) is 7.59. The Morgan fingerprint density at radius 3 is 2.56 bits per heavy atom. The quantitative estimate of drug-likeness (QED) is 0.568. The molecule has 0 aliphatic heterocycles. The van der Waals surface area contributed by atoms with Crippen molar-refractivity contribution in [2.24, 2.45) is 0 Å². The molecule has 0 bridgehead atoms. The van der Waals surface area contributed by atoms with E-state index in [4.69, 9.17) is 11.6 Å². The van der Waals surface area contributed by atoms with Crippen LogP contribution in [0.3, 0.4) is 0 Å². The zero-order chi connectivity index (χ0) is 11.7. The van der Waals surface area contributed by atoms with Gasteiger partial charge in [-0.15, -0.1) is 22.9 Å². The molecular weight excluding hydrogens is 371 g/mol. The van der Waals surface area contributed by atoms with E-state index in [1.807, 2.05) is 17.5 Å². The van der Waals surface area contributed by atoms with Crippen molar-refractivity contribution in [3.8, 4) is 0 Å². The molecule has 16 heavy (non-hydrogen) atoms. The van der Waals surface area contributed by atoms with Crippen molar-refractivity contribution in [3.63, 3.8) is 0 Å². The van der Waals surface area contributed by atoms with Crippen LogP contribution in [0.1, 0.15) is 21.4 Å². The molecule has 0 N–H and O–H groups in total. The number of benzene rings is 1. The molecule has 1 aromatic heterocycles. The lowest BCUT2D eigenvalue weighted by atomic mass is 10.1. The molecule has 0 saturated carbocycles. The molecule has 1 unspecified atom stereocenters. The Labute approximate surface area is 121 Å². The average Bonchev–Trinajstić information content (AvgIpc) is 2.67. The summed E-state index contributed by atoms with van der Waals surface area (Å²) in [4.78, 5) is 1.15. The van der Waals surface area contributed by atoms with E-state index >= 15 is 0 Å². The summed E-state index contributed by atoms with van der Waals surface area (Å²) in [6.45, 7) is 2.07. The molecule has 1 atom stereocenters. The molecule has 0 radical (unpaired) electrons. The Bertz CT molecular complexity index is 507. The van der Waals surface area contributed by atoms with E-state index in [9.17, 15) is 0 Å². The predicted octanol–water partition coefficient (Wildman–Crippen LogP) is 5.91. The van der Waals surface area contributed by atoms with Gasteiger partial charge < -0.3 is 0 Å². The summed E-state index contributed by atoms with van der Waals surface area (Å²) in [5.41, 5.74) is 2.33. The minimum absolute atomic E-state index is 0.108. The van der Waals surface area contributed by atoms with Crippen LogP contribution in [0.15, 0.2) is 38.6 Å². The molecule has 2 aromatic rings. The fraction of sp³-hybridized carbons (Fsp3) is 0.167. The maximum atomic E-state index is 6.51. The summed E-state index contributed by atoms with van der Waals surface area (Å²) in [6, 6.07) is 8.26. The average molecular weight is 381 g/mol. The van der Waals surface area contributed by atoms with Crippen LogP contribution in [0.5, 0.6) is 0 Å². The largest absolute Gasteiger partial charge is 0.146 e. The van der Waals surface area contributed by atoms with Gasteiger partial charge in [0.05, 0.1) is 5.38 Å². The lowest BCUT2D eigenvalue weighted by Gasteiger charge is -2.12. The van der Waals surface area contributed by atoms with Crippen LogP contribution in [-0.4, -0.2) is 0 Å². The van der Waals surface area contributed by atoms with Crippen molar-refractivity contribution in [1.82, 2.24) is 0 Å². The highest BCUT2D eigenvalue weighted by Gasteiger charge is 2.17. The monoisotopic (exact) mass is 378 g/mol. The summed E-state index contributed by atoms with van der Waals surface area (Å²) < 4.78 is 2.13. The molecule has 1 heterocycles. The standard InChI is InChI=1S/C12H9Br2ClS/c1-7-2-3-9(13)8(6-7)11(15)12-10(14)4-5-16-12/h2-6,11H,1H3. The van der Waals surface area contributed by atoms with Gasteiger partial charge in [0.15, 0.2) is 0 Å². The molecule has 4 heteroatoms. The molecule has 0 spiro atoms. The van der Waals surface area contributed by atoms with E-state index in [1.54, 1.807) is 11.3 Å². The summed E-state index contributed by atoms with van der Waals surface area (Å²) in [6.07, 6.45) is 0. The fourth-order valence-electron chi connectivity index (χ4n) is 1.48. The number of thiophene rings is 1. The molecule has 0 amide bonds. The second kappa shape index (κ2) is 5.21. The highest BCUT2D eigenvalue weighted by Crippen LogP contribution is 2.40. The second-order valence-electron chi connectivity index (χ2n) is 3.52. The number of alkyl halides is 1. The summed E-state index contributed by atoms with van der Waals surface area (Å²) in [7, 11) is 0. The maximum Gasteiger partial charge on any atom is 0.0950 e. The van der Waals surface area contributed by atoms with Gasteiger partial charge in [-0.2, -0.15) is 0 Å². The SMILES string of the molecule is Cc1ccc(Br)c(C(Cl)c2sccc2Br)c1. The van der Waals surface area contributed by atoms with Crippen LogP contribution < -0.4 is 0 Å². The number of halogens is 3. The second-order valence-corrected chi connectivity index (χ2v) is 6.61. The summed E-state index contributed by atoms with van der Waals surface area (Å²) >= 11 is 15.2. The van der Waals surface area contributed by atoms with Gasteiger partial charge in [-0.3, -0.25) is 0 Å². The first-order valence-corrected chi connectivity index (χ1v) is 7.63. The molecule has 0 fully saturated rings. The van der Waals surface area contributed by atoms with E-state index in [0.29, 0.717) is 0 Å². The third kappa shape index (κ3) is 2.53. The Kier molecular flexibility index (Phi) is 4.11. The highest BCUT2D eigenvalue weighted by atomic mass is 79.9. The van der Waals surface area contributed by atoms with Crippen molar-refractivity contribution in [2.45, 2.75) is 12.3 Å². The van der Waals surface area contributed by atoms with Gasteiger partial charge >= 0.3 is 0 Å². The minimum Gasteiger partial charge on any atom is -0.146 e. The fourth-order valence-corrected chi connectivity index (χ4v) is 4.27. The summed E-state index contributed by atoms with van der Waals surface area (Å²) in [5.74, 6) is 0. The van der Waals surface area contributed by atoms with Gasteiger partial charge in [0.2, 0.25) is 0 Å². The van der Waals surface area contributed by atoms with Crippen molar-refractivity contribution in [1.29, 1.82) is 0 Å². The zero-order valence-corrected chi connectivity index (χ0v) is 13.3. The Morgan fingerprint density at radius 1 is 1.19 bits per heavy atom. The number of hydrogen-bond acceptors (Lipinski definition) is 1. The first kappa shape index (κ1) is 12.6. The topological polar surface area (TPSA) is 0 Å². The summed E-state index contributed by atoms with van der Waals surface area (Å²) in [5, 5.41) is 1.93. The smallest absolute Gasteiger partial charge is 0.0950 e. The van der Waals surface area contributed by atoms with Gasteiger partial charge in [-0.25, -0.2) is 0 Å². The zero-order valence-electron chi connectivity index (χ0n) is 8.51. The Morgan fingerprint density at radius 2 is 1.94 bits per heavy atom. The maximum absolute atomic E-state index is 6.51. The highest BCUT2D eigenvalue weighted by molar-refractivity contribution is 9.10. The number of aryl methyl sites for hydroxylation is 1. The molecule has 0 aliphatic carbocycles. The van der Waals surface area contributed by atoms with E-state index in [2.05, 4.69) is 50.9 Å². The third-order valence-corrected chi connectivity index (χ3v) is 5.54. The molecule has 0 saturated heterocycles. The first-order valence-electron chi connectivity index (χ1n) is 4.72. The van der Waals surface area contributed by atoms with Crippen LogP contribution >= 0.6 is 54.8 Å². The van der Waals surface area contributed by atoms with Crippen LogP contribution in [0, 0.1) is 6.92 Å². The van der Waals surface area contributed by atoms with Gasteiger partial charge in [0.1, 0.15) is 0 Å². The molecule has 2 rings (SSSR count). The molecule has 1 aromatic carbocycles. The van der Waals surface area contributed by atoms with Crippen molar-refractivity contribution in [2.75, 3.05) is 0 Å². The van der Waals surface area contributed by atoms with Crippen LogP contribution in [0.25, 0.3) is 0 Å². The molecule has 0 nitrogen and oxygen atoms in total.